The molecule has 5 aliphatic heterocycles. The summed E-state index contributed by atoms with van der Waals surface area (Å²) in [6, 6.07) is 12.4. The number of hydrogen-bond acceptors (Lipinski definition) is 11. The number of nitrogens with zero attached hydrogens (tertiary/aromatic N) is 8. The highest BCUT2D eigenvalue weighted by molar-refractivity contribution is 6.19. The molecule has 15 nitrogen and oxygen atoms in total. The third-order valence-electron chi connectivity index (χ3n) is 11.9. The monoisotopic (exact) mass is 802 g/mol. The third-order valence-corrected chi connectivity index (χ3v) is 11.9. The summed E-state index contributed by atoms with van der Waals surface area (Å²) in [5.74, 6) is -0.924. The molecule has 2 aromatic heterocycles. The largest absolute Gasteiger partial charge is 0.477 e. The number of piperazine rings is 1. The number of piperidine rings is 1. The van der Waals surface area contributed by atoms with Crippen molar-refractivity contribution in [2.75, 3.05) is 49.5 Å². The second kappa shape index (κ2) is 15.6. The molecule has 0 spiro atoms. The van der Waals surface area contributed by atoms with E-state index in [0.29, 0.717) is 54.1 Å². The number of hydrogen-bond donors (Lipinski definition) is 2. The van der Waals surface area contributed by atoms with Gasteiger partial charge in [-0.1, -0.05) is 19.1 Å². The van der Waals surface area contributed by atoms with E-state index in [0.717, 1.165) is 73.6 Å². The van der Waals surface area contributed by atoms with Crippen molar-refractivity contribution in [2.45, 2.75) is 65.2 Å². The molecular formula is C43H47FN10O5. The van der Waals surface area contributed by atoms with Crippen LogP contribution in [-0.4, -0.2) is 104 Å². The molecule has 4 aromatic rings. The Hall–Kier alpha value is -6.00. The first kappa shape index (κ1) is 38.5. The van der Waals surface area contributed by atoms with Gasteiger partial charge in [0.15, 0.2) is 0 Å². The molecule has 16 heteroatoms. The molecule has 2 atom stereocenters. The quantitative estimate of drug-likeness (QED) is 0.278. The van der Waals surface area contributed by atoms with Gasteiger partial charge in [0.05, 0.1) is 41.0 Å². The van der Waals surface area contributed by atoms with Crippen molar-refractivity contribution in [3.63, 3.8) is 0 Å². The van der Waals surface area contributed by atoms with Crippen LogP contribution in [0.4, 0.5) is 15.8 Å². The Bertz CT molecular complexity index is 2410. The van der Waals surface area contributed by atoms with Crippen molar-refractivity contribution in [1.29, 1.82) is 0 Å². The zero-order chi connectivity index (χ0) is 40.9. The Morgan fingerprint density at radius 3 is 2.49 bits per heavy atom. The predicted molar refractivity (Wildman–Crippen MR) is 217 cm³/mol. The molecule has 1 unspecified atom stereocenters. The van der Waals surface area contributed by atoms with Crippen LogP contribution in [0, 0.1) is 18.7 Å². The number of halogens is 1. The maximum atomic E-state index is 15.4. The Labute approximate surface area is 341 Å². The third kappa shape index (κ3) is 7.69. The van der Waals surface area contributed by atoms with Crippen molar-refractivity contribution in [1.82, 2.24) is 34.8 Å². The molecule has 0 radical (unpaired) electrons. The number of carbonyl (C=O) groups excluding carboxylic acids is 4. The molecule has 9 rings (SSSR count). The minimum atomic E-state index is -0.784. The lowest BCUT2D eigenvalue weighted by atomic mass is 10.0. The number of pyridine rings is 1. The lowest BCUT2D eigenvalue weighted by Crippen LogP contribution is -2.52. The van der Waals surface area contributed by atoms with E-state index in [2.05, 4.69) is 60.5 Å². The number of aromatic nitrogens is 3. The number of fused-ring (bicyclic) bond motifs is 8. The Kier molecular flexibility index (Phi) is 10.2. The van der Waals surface area contributed by atoms with Crippen LogP contribution < -0.4 is 20.3 Å². The molecule has 0 aliphatic carbocycles. The number of imide groups is 1. The van der Waals surface area contributed by atoms with Gasteiger partial charge >= 0.3 is 0 Å². The van der Waals surface area contributed by atoms with Crippen molar-refractivity contribution in [3.8, 4) is 17.1 Å². The zero-order valence-electron chi connectivity index (χ0n) is 33.5. The SMILES string of the molecule is Cc1cc2cc(n1)-c1cnn(C)c1OCCC[C@@H](C)CN1/C(=N/C2=O)Nc2ccc(CN3CCN(Cc4cc(F)c5c(c4)CN(C4CCC(=O)NC4=O)C5=O)CC3)cc21. The van der Waals surface area contributed by atoms with E-state index in [1.807, 2.05) is 20.0 Å². The number of amides is 4. The second-order valence-corrected chi connectivity index (χ2v) is 16.4. The number of ether oxygens (including phenoxy) is 1. The Morgan fingerprint density at radius 1 is 0.932 bits per heavy atom. The maximum absolute atomic E-state index is 15.4. The fourth-order valence-electron chi connectivity index (χ4n) is 8.88. The van der Waals surface area contributed by atoms with Crippen molar-refractivity contribution >= 4 is 41.0 Å². The van der Waals surface area contributed by atoms with Gasteiger partial charge in [0.2, 0.25) is 23.7 Å². The van der Waals surface area contributed by atoms with Gasteiger partial charge in [0.1, 0.15) is 11.9 Å². The van der Waals surface area contributed by atoms with Crippen LogP contribution in [0.1, 0.15) is 75.7 Å². The van der Waals surface area contributed by atoms with Crippen LogP contribution in [0.2, 0.25) is 0 Å². The molecule has 2 aromatic carbocycles. The number of aliphatic imine (C=N–C) groups is 1. The molecule has 59 heavy (non-hydrogen) atoms. The van der Waals surface area contributed by atoms with Gasteiger partial charge in [-0.25, -0.2) is 9.07 Å². The van der Waals surface area contributed by atoms with E-state index in [1.165, 1.54) is 11.0 Å². The van der Waals surface area contributed by atoms with Gasteiger partial charge in [0.25, 0.3) is 11.8 Å². The van der Waals surface area contributed by atoms with E-state index in [1.54, 1.807) is 23.0 Å². The average molecular weight is 803 g/mol. The zero-order valence-corrected chi connectivity index (χ0v) is 33.5. The van der Waals surface area contributed by atoms with Crippen molar-refractivity contribution < 1.29 is 28.3 Å². The van der Waals surface area contributed by atoms with Gasteiger partial charge in [-0.2, -0.15) is 10.1 Å². The molecule has 0 saturated carbocycles. The number of aryl methyl sites for hydroxylation is 2. The van der Waals surface area contributed by atoms with E-state index in [-0.39, 0.29) is 42.7 Å². The molecule has 2 bridgehead atoms. The lowest BCUT2D eigenvalue weighted by Gasteiger charge is -2.35. The van der Waals surface area contributed by atoms with E-state index >= 15 is 4.39 Å². The van der Waals surface area contributed by atoms with Crippen molar-refractivity contribution in [2.24, 2.45) is 18.0 Å². The highest BCUT2D eigenvalue weighted by atomic mass is 19.1. The summed E-state index contributed by atoms with van der Waals surface area (Å²) in [7, 11) is 1.84. The number of anilines is 2. The summed E-state index contributed by atoms with van der Waals surface area (Å²) < 4.78 is 23.3. The van der Waals surface area contributed by atoms with E-state index < -0.39 is 23.7 Å². The van der Waals surface area contributed by atoms with Gasteiger partial charge in [-0.05, 0) is 79.1 Å². The van der Waals surface area contributed by atoms with Gasteiger partial charge in [0, 0.05) is 77.1 Å². The molecule has 2 saturated heterocycles. The first-order valence-corrected chi connectivity index (χ1v) is 20.3. The number of nitrogens with one attached hydrogen (secondary N) is 2. The van der Waals surface area contributed by atoms with Crippen LogP contribution in [0.25, 0.3) is 11.3 Å². The number of guanidine groups is 1. The molecule has 7 heterocycles. The van der Waals surface area contributed by atoms with Crippen LogP contribution in [-0.2, 0) is 36.3 Å². The first-order valence-electron chi connectivity index (χ1n) is 20.3. The summed E-state index contributed by atoms with van der Waals surface area (Å²) >= 11 is 0. The summed E-state index contributed by atoms with van der Waals surface area (Å²) in [6.45, 7) is 9.90. The topological polar surface area (TPSA) is 158 Å². The predicted octanol–water partition coefficient (Wildman–Crippen LogP) is 4.25. The summed E-state index contributed by atoms with van der Waals surface area (Å²) in [5.41, 5.74) is 6.88. The average Bonchev–Trinajstić information content (AvgIpc) is 3.85. The lowest BCUT2D eigenvalue weighted by molar-refractivity contribution is -0.136. The minimum absolute atomic E-state index is 0.0163. The fourth-order valence-corrected chi connectivity index (χ4v) is 8.88. The Morgan fingerprint density at radius 2 is 1.71 bits per heavy atom. The van der Waals surface area contributed by atoms with Gasteiger partial charge < -0.3 is 19.9 Å². The van der Waals surface area contributed by atoms with Crippen LogP contribution >= 0.6 is 0 Å². The van der Waals surface area contributed by atoms with Gasteiger partial charge in [-0.15, -0.1) is 0 Å². The molecule has 2 fully saturated rings. The molecular weight excluding hydrogens is 756 g/mol. The smallest absolute Gasteiger partial charge is 0.280 e. The molecule has 5 aliphatic rings. The highest BCUT2D eigenvalue weighted by Gasteiger charge is 2.41. The summed E-state index contributed by atoms with van der Waals surface area (Å²) in [6.07, 6.45) is 3.85. The van der Waals surface area contributed by atoms with Crippen molar-refractivity contribution in [3.05, 3.63) is 88.0 Å². The number of rotatable bonds is 5. The fraction of sp³-hybridized carbons (Fsp3) is 0.419. The van der Waals surface area contributed by atoms with Gasteiger partial charge in [-0.3, -0.25) is 39.3 Å². The number of carbonyl (C=O) groups is 4. The summed E-state index contributed by atoms with van der Waals surface area (Å²) in [4.78, 5) is 68.6. The Balaban J connectivity index is 0.867. The highest BCUT2D eigenvalue weighted by Crippen LogP contribution is 2.36. The van der Waals surface area contributed by atoms with Crippen LogP contribution in [0.3, 0.4) is 0 Å². The minimum Gasteiger partial charge on any atom is -0.477 e. The molecule has 2 N–H and O–H groups in total. The second-order valence-electron chi connectivity index (χ2n) is 16.4. The summed E-state index contributed by atoms with van der Waals surface area (Å²) in [5, 5.41) is 10.1. The molecule has 4 amide bonds. The van der Waals surface area contributed by atoms with Crippen LogP contribution in [0.5, 0.6) is 5.88 Å². The van der Waals surface area contributed by atoms with Crippen LogP contribution in [0.15, 0.2) is 53.7 Å². The first-order chi connectivity index (χ1) is 28.5. The van der Waals surface area contributed by atoms with E-state index in [4.69, 9.17) is 9.72 Å². The maximum Gasteiger partial charge on any atom is 0.280 e. The molecule has 306 valence electrons. The number of benzene rings is 2. The standard InChI is InChI=1S/C43H47FN10O5/c1-25-5-4-14-59-42-31(20-45-50(42)3)34-19-29(15-26(2)46-34)39(56)49-43-47-33-7-6-27(18-36(33)54(43)21-25)22-51-10-12-52(13-11-51)23-28-16-30-24-53(41(58)38(30)32(44)17-28)35-8-9-37(55)48-40(35)57/h6-7,15-20,25,35H,4-5,8-14,21-24H2,1-3H3,(H,47,49,56)(H,48,55,57)/t25-,35?/m1/s1. The van der Waals surface area contributed by atoms with E-state index in [9.17, 15) is 19.2 Å². The normalized spacial score (nSPS) is 22.3.